The largest absolute Gasteiger partial charge is 0.444 e. The highest BCUT2D eigenvalue weighted by Gasteiger charge is 2.51. The zero-order chi connectivity index (χ0) is 11.8. The van der Waals surface area contributed by atoms with Crippen molar-refractivity contribution in [2.45, 2.75) is 70.4 Å². The minimum absolute atomic E-state index is 0.0961. The van der Waals surface area contributed by atoms with Gasteiger partial charge in [-0.15, -0.1) is 0 Å². The minimum Gasteiger partial charge on any atom is -0.444 e. The molecule has 0 aromatic rings. The monoisotopic (exact) mass is 225 g/mol. The van der Waals surface area contributed by atoms with Gasteiger partial charge in [-0.05, 0) is 52.4 Å². The van der Waals surface area contributed by atoms with Gasteiger partial charge < -0.3 is 10.1 Å². The molecular weight excluding hydrogens is 202 g/mol. The third kappa shape index (κ3) is 2.69. The number of ether oxygens (including phenoxy) is 1. The smallest absolute Gasteiger partial charge is 0.408 e. The fourth-order valence-electron chi connectivity index (χ4n) is 2.76. The van der Waals surface area contributed by atoms with Crippen LogP contribution in [0.15, 0.2) is 0 Å². The number of carbonyl (C=O) groups excluding carboxylic acids is 1. The predicted molar refractivity (Wildman–Crippen MR) is 63.3 cm³/mol. The van der Waals surface area contributed by atoms with Crippen molar-refractivity contribution >= 4 is 6.09 Å². The highest BCUT2D eigenvalue weighted by Crippen LogP contribution is 2.49. The van der Waals surface area contributed by atoms with Crippen LogP contribution in [0.25, 0.3) is 0 Å². The standard InChI is InChI=1S/C13H23NO2/c1-12(2,3)16-11(15)14-13(8-9-13)10-6-4-5-7-10/h10H,4-9H2,1-3H3,(H,14,15). The van der Waals surface area contributed by atoms with E-state index in [-0.39, 0.29) is 11.6 Å². The highest BCUT2D eigenvalue weighted by molar-refractivity contribution is 5.69. The van der Waals surface area contributed by atoms with Crippen molar-refractivity contribution in [3.63, 3.8) is 0 Å². The van der Waals surface area contributed by atoms with Gasteiger partial charge in [-0.3, -0.25) is 0 Å². The van der Waals surface area contributed by atoms with E-state index in [0.717, 1.165) is 12.8 Å². The van der Waals surface area contributed by atoms with E-state index in [0.29, 0.717) is 5.92 Å². The lowest BCUT2D eigenvalue weighted by Crippen LogP contribution is -2.44. The molecule has 0 spiro atoms. The summed E-state index contributed by atoms with van der Waals surface area (Å²) in [7, 11) is 0. The number of amides is 1. The zero-order valence-corrected chi connectivity index (χ0v) is 10.6. The van der Waals surface area contributed by atoms with Crippen LogP contribution in [0.4, 0.5) is 4.79 Å². The SMILES string of the molecule is CC(C)(C)OC(=O)NC1(C2CCCC2)CC1. The average Bonchev–Trinajstić information content (AvgIpc) is 2.71. The van der Waals surface area contributed by atoms with Gasteiger partial charge in [0, 0.05) is 5.54 Å². The first-order valence-electron chi connectivity index (χ1n) is 6.42. The summed E-state index contributed by atoms with van der Waals surface area (Å²) in [5.41, 5.74) is -0.297. The van der Waals surface area contributed by atoms with Gasteiger partial charge in [-0.1, -0.05) is 12.8 Å². The Morgan fingerprint density at radius 3 is 2.25 bits per heavy atom. The number of carbonyl (C=O) groups is 1. The molecule has 0 heterocycles. The van der Waals surface area contributed by atoms with Gasteiger partial charge in [0.2, 0.25) is 0 Å². The summed E-state index contributed by atoms with van der Waals surface area (Å²) in [5.74, 6) is 0.694. The molecule has 0 aromatic carbocycles. The van der Waals surface area contributed by atoms with Crippen molar-refractivity contribution in [3.8, 4) is 0 Å². The number of rotatable bonds is 2. The normalized spacial score (nSPS) is 24.2. The lowest BCUT2D eigenvalue weighted by atomic mass is 9.96. The third-order valence-corrected chi connectivity index (χ3v) is 3.68. The van der Waals surface area contributed by atoms with E-state index in [1.165, 1.54) is 25.7 Å². The second-order valence-electron chi connectivity index (χ2n) is 6.26. The van der Waals surface area contributed by atoms with Crippen LogP contribution in [0, 0.1) is 5.92 Å². The van der Waals surface area contributed by atoms with Crippen LogP contribution in [-0.2, 0) is 4.74 Å². The average molecular weight is 225 g/mol. The third-order valence-electron chi connectivity index (χ3n) is 3.68. The van der Waals surface area contributed by atoms with Crippen molar-refractivity contribution < 1.29 is 9.53 Å². The van der Waals surface area contributed by atoms with Crippen LogP contribution in [0.5, 0.6) is 0 Å². The molecule has 2 saturated carbocycles. The molecule has 92 valence electrons. The van der Waals surface area contributed by atoms with Crippen LogP contribution in [0.1, 0.15) is 59.3 Å². The molecule has 16 heavy (non-hydrogen) atoms. The van der Waals surface area contributed by atoms with Gasteiger partial charge in [0.25, 0.3) is 0 Å². The maximum Gasteiger partial charge on any atom is 0.408 e. The second kappa shape index (κ2) is 3.94. The van der Waals surface area contributed by atoms with Crippen molar-refractivity contribution in [2.24, 2.45) is 5.92 Å². The van der Waals surface area contributed by atoms with E-state index < -0.39 is 5.60 Å². The van der Waals surface area contributed by atoms with Crippen molar-refractivity contribution in [1.82, 2.24) is 5.32 Å². The Hall–Kier alpha value is -0.730. The summed E-state index contributed by atoms with van der Waals surface area (Å²) in [6.45, 7) is 5.71. The number of hydrogen-bond donors (Lipinski definition) is 1. The first-order chi connectivity index (χ1) is 7.41. The first kappa shape index (κ1) is 11.7. The molecule has 0 bridgehead atoms. The summed E-state index contributed by atoms with van der Waals surface area (Å²) >= 11 is 0. The van der Waals surface area contributed by atoms with E-state index in [2.05, 4.69) is 5.32 Å². The zero-order valence-electron chi connectivity index (χ0n) is 10.6. The van der Waals surface area contributed by atoms with Gasteiger partial charge in [0.15, 0.2) is 0 Å². The summed E-state index contributed by atoms with van der Waals surface area (Å²) in [6.07, 6.45) is 7.22. The molecule has 2 aliphatic rings. The molecule has 1 amide bonds. The Morgan fingerprint density at radius 1 is 1.25 bits per heavy atom. The van der Waals surface area contributed by atoms with Crippen LogP contribution in [-0.4, -0.2) is 17.2 Å². The Labute approximate surface area is 97.9 Å². The fourth-order valence-corrected chi connectivity index (χ4v) is 2.76. The summed E-state index contributed by atoms with van der Waals surface area (Å²) in [6, 6.07) is 0. The Kier molecular flexibility index (Phi) is 2.89. The maximum absolute atomic E-state index is 11.7. The summed E-state index contributed by atoms with van der Waals surface area (Å²) < 4.78 is 5.32. The molecular formula is C13H23NO2. The molecule has 1 N–H and O–H groups in total. The Morgan fingerprint density at radius 2 is 1.81 bits per heavy atom. The number of hydrogen-bond acceptors (Lipinski definition) is 2. The molecule has 0 radical (unpaired) electrons. The van der Waals surface area contributed by atoms with E-state index in [1.54, 1.807) is 0 Å². The Balaban J connectivity index is 1.86. The molecule has 3 heteroatoms. The number of alkyl carbamates (subject to hydrolysis) is 1. The highest BCUT2D eigenvalue weighted by atomic mass is 16.6. The van der Waals surface area contributed by atoms with E-state index in [1.807, 2.05) is 20.8 Å². The van der Waals surface area contributed by atoms with Crippen molar-refractivity contribution in [3.05, 3.63) is 0 Å². The second-order valence-corrected chi connectivity index (χ2v) is 6.26. The summed E-state index contributed by atoms with van der Waals surface area (Å²) in [4.78, 5) is 11.7. The predicted octanol–water partition coefficient (Wildman–Crippen LogP) is 3.23. The summed E-state index contributed by atoms with van der Waals surface area (Å²) in [5, 5.41) is 3.10. The quantitative estimate of drug-likeness (QED) is 0.783. The van der Waals surface area contributed by atoms with Crippen LogP contribution in [0.2, 0.25) is 0 Å². The fraction of sp³-hybridized carbons (Fsp3) is 0.923. The van der Waals surface area contributed by atoms with Crippen LogP contribution < -0.4 is 5.32 Å². The minimum atomic E-state index is -0.393. The molecule has 2 aliphatic carbocycles. The van der Waals surface area contributed by atoms with E-state index in [9.17, 15) is 4.79 Å². The van der Waals surface area contributed by atoms with Crippen molar-refractivity contribution in [2.75, 3.05) is 0 Å². The van der Waals surface area contributed by atoms with Gasteiger partial charge in [0.1, 0.15) is 5.60 Å². The van der Waals surface area contributed by atoms with Gasteiger partial charge in [0.05, 0.1) is 0 Å². The van der Waals surface area contributed by atoms with Gasteiger partial charge in [-0.25, -0.2) is 4.79 Å². The molecule has 2 rings (SSSR count). The van der Waals surface area contributed by atoms with E-state index >= 15 is 0 Å². The molecule has 2 fully saturated rings. The van der Waals surface area contributed by atoms with Crippen molar-refractivity contribution in [1.29, 1.82) is 0 Å². The molecule has 0 unspecified atom stereocenters. The topological polar surface area (TPSA) is 38.3 Å². The lowest BCUT2D eigenvalue weighted by molar-refractivity contribution is 0.0475. The van der Waals surface area contributed by atoms with E-state index in [4.69, 9.17) is 4.74 Å². The van der Waals surface area contributed by atoms with Crippen LogP contribution >= 0.6 is 0 Å². The van der Waals surface area contributed by atoms with Gasteiger partial charge in [-0.2, -0.15) is 0 Å². The molecule has 0 aliphatic heterocycles. The number of nitrogens with one attached hydrogen (secondary N) is 1. The maximum atomic E-state index is 11.7. The molecule has 0 atom stereocenters. The first-order valence-corrected chi connectivity index (χ1v) is 6.42. The Bertz CT molecular complexity index is 270. The molecule has 0 saturated heterocycles. The lowest BCUT2D eigenvalue weighted by Gasteiger charge is -2.27. The van der Waals surface area contributed by atoms with Crippen LogP contribution in [0.3, 0.4) is 0 Å². The molecule has 0 aromatic heterocycles. The molecule has 3 nitrogen and oxygen atoms in total. The van der Waals surface area contributed by atoms with Gasteiger partial charge >= 0.3 is 6.09 Å².